The summed E-state index contributed by atoms with van der Waals surface area (Å²) in [6.45, 7) is 4.31. The number of aromatic nitrogens is 1. The summed E-state index contributed by atoms with van der Waals surface area (Å²) in [6.07, 6.45) is 7.51. The lowest BCUT2D eigenvalue weighted by Crippen LogP contribution is -2.23. The van der Waals surface area contributed by atoms with Gasteiger partial charge in [-0.2, -0.15) is 0 Å². The van der Waals surface area contributed by atoms with Crippen molar-refractivity contribution in [3.05, 3.63) is 24.0 Å². The minimum atomic E-state index is 0.581. The smallest absolute Gasteiger partial charge is 0.0529 e. The molecule has 0 amide bonds. The normalized spacial score (nSPS) is 19.1. The van der Waals surface area contributed by atoms with Gasteiger partial charge in [0.2, 0.25) is 0 Å². The van der Waals surface area contributed by atoms with E-state index in [9.17, 15) is 0 Å². The van der Waals surface area contributed by atoms with Crippen molar-refractivity contribution in [1.82, 2.24) is 4.98 Å². The maximum Gasteiger partial charge on any atom is 0.0529 e. The molecule has 82 valence electrons. The van der Waals surface area contributed by atoms with Crippen molar-refractivity contribution in [2.45, 2.75) is 45.6 Å². The molecule has 1 N–H and O–H groups in total. The minimum Gasteiger partial charge on any atom is -0.381 e. The van der Waals surface area contributed by atoms with Crippen LogP contribution in [0.25, 0.3) is 0 Å². The van der Waals surface area contributed by atoms with Gasteiger partial charge in [-0.3, -0.25) is 4.98 Å². The topological polar surface area (TPSA) is 24.9 Å². The summed E-state index contributed by atoms with van der Waals surface area (Å²) in [5.41, 5.74) is 2.23. The Labute approximate surface area is 92.1 Å². The summed E-state index contributed by atoms with van der Waals surface area (Å²) in [4.78, 5) is 4.30. The molecule has 0 aromatic carbocycles. The van der Waals surface area contributed by atoms with Gasteiger partial charge in [0, 0.05) is 11.7 Å². The van der Waals surface area contributed by atoms with Crippen LogP contribution in [0.5, 0.6) is 0 Å². The highest BCUT2D eigenvalue weighted by molar-refractivity contribution is 5.41. The van der Waals surface area contributed by atoms with Crippen molar-refractivity contribution < 1.29 is 0 Å². The zero-order valence-corrected chi connectivity index (χ0v) is 9.66. The van der Waals surface area contributed by atoms with E-state index in [-0.39, 0.29) is 0 Å². The van der Waals surface area contributed by atoms with Crippen LogP contribution in [0.4, 0.5) is 5.69 Å². The van der Waals surface area contributed by atoms with Gasteiger partial charge in [-0.1, -0.05) is 12.8 Å². The molecule has 0 radical (unpaired) electrons. The van der Waals surface area contributed by atoms with E-state index in [0.717, 1.165) is 17.3 Å². The maximum absolute atomic E-state index is 4.30. The molecular weight excluding hydrogens is 184 g/mol. The lowest BCUT2D eigenvalue weighted by atomic mass is 10.00. The lowest BCUT2D eigenvalue weighted by molar-refractivity contribution is 0.482. The van der Waals surface area contributed by atoms with Gasteiger partial charge >= 0.3 is 0 Å². The standard InChI is InChI=1S/C13H20N2/c1-10-7-8-13(9-14-10)15-11(2)12-5-3-4-6-12/h7-9,11-12,15H,3-6H2,1-2H3. The Morgan fingerprint density at radius 3 is 2.67 bits per heavy atom. The number of nitrogens with zero attached hydrogens (tertiary/aromatic N) is 1. The number of pyridine rings is 1. The third-order valence-electron chi connectivity index (χ3n) is 3.41. The monoisotopic (exact) mass is 204 g/mol. The highest BCUT2D eigenvalue weighted by Crippen LogP contribution is 2.29. The fourth-order valence-corrected chi connectivity index (χ4v) is 2.39. The predicted molar refractivity (Wildman–Crippen MR) is 64.0 cm³/mol. The van der Waals surface area contributed by atoms with E-state index in [0.29, 0.717) is 6.04 Å². The zero-order chi connectivity index (χ0) is 10.7. The predicted octanol–water partition coefficient (Wildman–Crippen LogP) is 3.38. The van der Waals surface area contributed by atoms with Crippen LogP contribution in [-0.2, 0) is 0 Å². The van der Waals surface area contributed by atoms with Crippen LogP contribution in [-0.4, -0.2) is 11.0 Å². The Morgan fingerprint density at radius 1 is 1.33 bits per heavy atom. The van der Waals surface area contributed by atoms with Crippen LogP contribution in [0.1, 0.15) is 38.3 Å². The molecule has 1 aliphatic rings. The summed E-state index contributed by atoms with van der Waals surface area (Å²) in [6, 6.07) is 4.76. The van der Waals surface area contributed by atoms with Crippen molar-refractivity contribution in [3.8, 4) is 0 Å². The second kappa shape index (κ2) is 4.65. The van der Waals surface area contributed by atoms with Gasteiger partial charge in [0.1, 0.15) is 0 Å². The van der Waals surface area contributed by atoms with E-state index in [1.54, 1.807) is 0 Å². The average Bonchev–Trinajstić information content (AvgIpc) is 2.74. The number of aryl methyl sites for hydroxylation is 1. The number of hydrogen-bond donors (Lipinski definition) is 1. The van der Waals surface area contributed by atoms with E-state index < -0.39 is 0 Å². The molecule has 2 nitrogen and oxygen atoms in total. The average molecular weight is 204 g/mol. The van der Waals surface area contributed by atoms with E-state index >= 15 is 0 Å². The van der Waals surface area contributed by atoms with E-state index in [1.165, 1.54) is 25.7 Å². The fraction of sp³-hybridized carbons (Fsp3) is 0.615. The van der Waals surface area contributed by atoms with Gasteiger partial charge < -0.3 is 5.32 Å². The molecule has 0 bridgehead atoms. The molecule has 1 aromatic heterocycles. The Morgan fingerprint density at radius 2 is 2.07 bits per heavy atom. The second-order valence-electron chi connectivity index (χ2n) is 4.67. The first-order valence-electron chi connectivity index (χ1n) is 5.95. The molecule has 1 fully saturated rings. The summed E-state index contributed by atoms with van der Waals surface area (Å²) in [5, 5.41) is 3.55. The van der Waals surface area contributed by atoms with Gasteiger partial charge in [-0.15, -0.1) is 0 Å². The summed E-state index contributed by atoms with van der Waals surface area (Å²) in [7, 11) is 0. The van der Waals surface area contributed by atoms with Crippen molar-refractivity contribution in [1.29, 1.82) is 0 Å². The van der Waals surface area contributed by atoms with Crippen molar-refractivity contribution >= 4 is 5.69 Å². The van der Waals surface area contributed by atoms with Gasteiger partial charge in [0.25, 0.3) is 0 Å². The molecule has 1 atom stereocenters. The fourth-order valence-electron chi connectivity index (χ4n) is 2.39. The summed E-state index contributed by atoms with van der Waals surface area (Å²) >= 11 is 0. The molecule has 15 heavy (non-hydrogen) atoms. The molecule has 0 saturated heterocycles. The number of hydrogen-bond acceptors (Lipinski definition) is 2. The third-order valence-corrected chi connectivity index (χ3v) is 3.41. The Kier molecular flexibility index (Phi) is 3.24. The second-order valence-corrected chi connectivity index (χ2v) is 4.67. The molecule has 2 heteroatoms. The largest absolute Gasteiger partial charge is 0.381 e. The van der Waals surface area contributed by atoms with Gasteiger partial charge in [0.15, 0.2) is 0 Å². The highest BCUT2D eigenvalue weighted by atomic mass is 14.9. The lowest BCUT2D eigenvalue weighted by Gasteiger charge is -2.21. The first kappa shape index (κ1) is 10.5. The van der Waals surface area contributed by atoms with Crippen LogP contribution >= 0.6 is 0 Å². The highest BCUT2D eigenvalue weighted by Gasteiger charge is 2.21. The van der Waals surface area contributed by atoms with Crippen LogP contribution in [0.3, 0.4) is 0 Å². The van der Waals surface area contributed by atoms with Crippen molar-refractivity contribution in [3.63, 3.8) is 0 Å². The summed E-state index contributed by atoms with van der Waals surface area (Å²) in [5.74, 6) is 0.853. The van der Waals surface area contributed by atoms with Crippen LogP contribution in [0.15, 0.2) is 18.3 Å². The molecule has 1 aromatic rings. The van der Waals surface area contributed by atoms with E-state index in [2.05, 4.69) is 29.4 Å². The summed E-state index contributed by atoms with van der Waals surface area (Å²) < 4.78 is 0. The van der Waals surface area contributed by atoms with Crippen LogP contribution < -0.4 is 5.32 Å². The molecular formula is C13H20N2. The van der Waals surface area contributed by atoms with Gasteiger partial charge in [-0.25, -0.2) is 0 Å². The van der Waals surface area contributed by atoms with E-state index in [4.69, 9.17) is 0 Å². The van der Waals surface area contributed by atoms with Crippen molar-refractivity contribution in [2.75, 3.05) is 5.32 Å². The molecule has 0 aliphatic heterocycles. The van der Waals surface area contributed by atoms with Gasteiger partial charge in [-0.05, 0) is 44.7 Å². The molecule has 0 spiro atoms. The number of nitrogens with one attached hydrogen (secondary N) is 1. The first-order valence-corrected chi connectivity index (χ1v) is 5.95. The Hall–Kier alpha value is -1.05. The first-order chi connectivity index (χ1) is 7.25. The Bertz CT molecular complexity index is 299. The third kappa shape index (κ3) is 2.71. The minimum absolute atomic E-state index is 0.581. The number of rotatable bonds is 3. The van der Waals surface area contributed by atoms with E-state index in [1.807, 2.05) is 13.1 Å². The molecule has 2 rings (SSSR count). The molecule has 1 aliphatic carbocycles. The van der Waals surface area contributed by atoms with Gasteiger partial charge in [0.05, 0.1) is 11.9 Å². The van der Waals surface area contributed by atoms with Crippen molar-refractivity contribution in [2.24, 2.45) is 5.92 Å². The quantitative estimate of drug-likeness (QED) is 0.816. The molecule has 1 unspecified atom stereocenters. The Balaban J connectivity index is 1.92. The van der Waals surface area contributed by atoms with Crippen LogP contribution in [0.2, 0.25) is 0 Å². The number of anilines is 1. The molecule has 1 heterocycles. The SMILES string of the molecule is Cc1ccc(NC(C)C2CCCC2)cn1. The maximum atomic E-state index is 4.30. The van der Waals surface area contributed by atoms with Crippen LogP contribution in [0, 0.1) is 12.8 Å². The molecule has 1 saturated carbocycles. The zero-order valence-electron chi connectivity index (χ0n) is 9.66.